The first kappa shape index (κ1) is 13.3. The first-order valence-corrected chi connectivity index (χ1v) is 8.35. The van der Waals surface area contributed by atoms with Crippen molar-refractivity contribution >= 4 is 17.8 Å². The van der Waals surface area contributed by atoms with Crippen molar-refractivity contribution in [3.8, 4) is 0 Å². The molecular weight excluding hydrogens is 260 g/mol. The molecule has 0 bridgehead atoms. The van der Waals surface area contributed by atoms with Gasteiger partial charge in [-0.2, -0.15) is 11.8 Å². The van der Waals surface area contributed by atoms with Crippen LogP contribution >= 0.6 is 11.8 Å². The minimum atomic E-state index is -0.0126. The fourth-order valence-electron chi connectivity index (χ4n) is 3.16. The van der Waals surface area contributed by atoms with Crippen LogP contribution in [-0.2, 0) is 4.74 Å². The SMILES string of the molecule is O=C(NC1CC=CC1)NC1CCOC2(CCSC2)C1. The summed E-state index contributed by atoms with van der Waals surface area (Å²) < 4.78 is 5.97. The van der Waals surface area contributed by atoms with Crippen LogP contribution in [0.2, 0.25) is 0 Å². The van der Waals surface area contributed by atoms with Crippen LogP contribution in [0.4, 0.5) is 4.79 Å². The molecule has 0 aromatic heterocycles. The number of amides is 2. The predicted octanol–water partition coefficient (Wildman–Crippen LogP) is 2.06. The number of urea groups is 1. The number of nitrogens with one attached hydrogen (secondary N) is 2. The Hall–Kier alpha value is -0.680. The Morgan fingerprint density at radius 2 is 2.05 bits per heavy atom. The Bertz CT molecular complexity index is 358. The standard InChI is InChI=1S/C14H22N2O2S/c17-13(15-11-3-1-2-4-11)16-12-5-7-18-14(9-12)6-8-19-10-14/h1-2,11-12H,3-10H2,(H2,15,16,17). The zero-order valence-corrected chi connectivity index (χ0v) is 12.0. The molecule has 106 valence electrons. The Balaban J connectivity index is 1.47. The van der Waals surface area contributed by atoms with Crippen LogP contribution < -0.4 is 10.6 Å². The van der Waals surface area contributed by atoms with E-state index in [1.54, 1.807) is 0 Å². The van der Waals surface area contributed by atoms with Gasteiger partial charge in [0.15, 0.2) is 0 Å². The maximum Gasteiger partial charge on any atom is 0.315 e. The summed E-state index contributed by atoms with van der Waals surface area (Å²) in [6.45, 7) is 0.774. The Morgan fingerprint density at radius 3 is 2.79 bits per heavy atom. The molecule has 5 heteroatoms. The first-order chi connectivity index (χ1) is 9.26. The van der Waals surface area contributed by atoms with Crippen LogP contribution in [0.25, 0.3) is 0 Å². The second kappa shape index (κ2) is 5.75. The van der Waals surface area contributed by atoms with Crippen LogP contribution in [0.15, 0.2) is 12.2 Å². The van der Waals surface area contributed by atoms with E-state index in [4.69, 9.17) is 4.74 Å². The average Bonchev–Trinajstić information content (AvgIpc) is 3.02. The van der Waals surface area contributed by atoms with Crippen LogP contribution in [-0.4, -0.2) is 41.8 Å². The number of rotatable bonds is 2. The monoisotopic (exact) mass is 282 g/mol. The highest BCUT2D eigenvalue weighted by atomic mass is 32.2. The highest BCUT2D eigenvalue weighted by Gasteiger charge is 2.40. The Labute approximate surface area is 118 Å². The van der Waals surface area contributed by atoms with Gasteiger partial charge in [0.2, 0.25) is 0 Å². The smallest absolute Gasteiger partial charge is 0.315 e. The summed E-state index contributed by atoms with van der Waals surface area (Å²) in [4.78, 5) is 12.0. The lowest BCUT2D eigenvalue weighted by Gasteiger charge is -2.38. The van der Waals surface area contributed by atoms with Crippen molar-refractivity contribution < 1.29 is 9.53 Å². The van der Waals surface area contributed by atoms with Gasteiger partial charge in [0.1, 0.15) is 0 Å². The lowest BCUT2D eigenvalue weighted by Crippen LogP contribution is -2.52. The minimum Gasteiger partial charge on any atom is -0.374 e. The highest BCUT2D eigenvalue weighted by Crippen LogP contribution is 2.38. The minimum absolute atomic E-state index is 0.0126. The summed E-state index contributed by atoms with van der Waals surface area (Å²) in [5, 5.41) is 6.18. The van der Waals surface area contributed by atoms with E-state index in [0.717, 1.165) is 44.5 Å². The van der Waals surface area contributed by atoms with Crippen molar-refractivity contribution in [2.24, 2.45) is 0 Å². The molecular formula is C14H22N2O2S. The summed E-state index contributed by atoms with van der Waals surface area (Å²) in [5.74, 6) is 2.27. The van der Waals surface area contributed by atoms with E-state index in [9.17, 15) is 4.79 Å². The first-order valence-electron chi connectivity index (χ1n) is 7.20. The van der Waals surface area contributed by atoms with E-state index in [1.165, 1.54) is 5.75 Å². The van der Waals surface area contributed by atoms with Gasteiger partial charge in [0, 0.05) is 24.4 Å². The fourth-order valence-corrected chi connectivity index (χ4v) is 4.54. The maximum absolute atomic E-state index is 12.0. The number of hydrogen-bond donors (Lipinski definition) is 2. The van der Waals surface area contributed by atoms with Gasteiger partial charge < -0.3 is 15.4 Å². The van der Waals surface area contributed by atoms with Gasteiger partial charge in [-0.15, -0.1) is 0 Å². The van der Waals surface area contributed by atoms with E-state index < -0.39 is 0 Å². The molecule has 3 rings (SSSR count). The van der Waals surface area contributed by atoms with E-state index in [1.807, 2.05) is 11.8 Å². The Morgan fingerprint density at radius 1 is 1.26 bits per heavy atom. The number of carbonyl (C=O) groups excluding carboxylic acids is 1. The van der Waals surface area contributed by atoms with Crippen molar-refractivity contribution in [2.45, 2.75) is 49.8 Å². The van der Waals surface area contributed by atoms with Gasteiger partial charge in [0.05, 0.1) is 5.60 Å². The van der Waals surface area contributed by atoms with E-state index in [-0.39, 0.29) is 23.7 Å². The molecule has 2 atom stereocenters. The zero-order chi connectivity index (χ0) is 13.1. The van der Waals surface area contributed by atoms with Crippen molar-refractivity contribution in [2.75, 3.05) is 18.1 Å². The van der Waals surface area contributed by atoms with Gasteiger partial charge in [0.25, 0.3) is 0 Å². The summed E-state index contributed by atoms with van der Waals surface area (Å²) >= 11 is 1.96. The number of carbonyl (C=O) groups is 1. The molecule has 19 heavy (non-hydrogen) atoms. The molecule has 2 unspecified atom stereocenters. The molecule has 0 saturated carbocycles. The molecule has 3 aliphatic rings. The fraction of sp³-hybridized carbons (Fsp3) is 0.786. The van der Waals surface area contributed by atoms with Crippen LogP contribution in [0.1, 0.15) is 32.1 Å². The van der Waals surface area contributed by atoms with Gasteiger partial charge in [-0.05, 0) is 37.9 Å². The lowest BCUT2D eigenvalue weighted by molar-refractivity contribution is -0.0684. The summed E-state index contributed by atoms with van der Waals surface area (Å²) in [7, 11) is 0. The molecule has 0 aromatic carbocycles. The molecule has 4 nitrogen and oxygen atoms in total. The molecule has 1 aliphatic carbocycles. The summed E-state index contributed by atoms with van der Waals surface area (Å²) in [6.07, 6.45) is 9.21. The third-order valence-corrected chi connectivity index (χ3v) is 5.46. The van der Waals surface area contributed by atoms with Gasteiger partial charge in [-0.1, -0.05) is 12.2 Å². The molecule has 2 fully saturated rings. The Kier molecular flexibility index (Phi) is 4.03. The maximum atomic E-state index is 12.0. The second-order valence-corrected chi connectivity index (χ2v) is 6.89. The molecule has 0 aromatic rings. The molecule has 0 radical (unpaired) electrons. The molecule has 2 saturated heterocycles. The predicted molar refractivity (Wildman–Crippen MR) is 77.5 cm³/mol. The van der Waals surface area contributed by atoms with Gasteiger partial charge in [-0.3, -0.25) is 0 Å². The third kappa shape index (κ3) is 3.26. The van der Waals surface area contributed by atoms with Crippen molar-refractivity contribution in [3.05, 3.63) is 12.2 Å². The normalized spacial score (nSPS) is 34.8. The summed E-state index contributed by atoms with van der Waals surface area (Å²) in [6, 6.07) is 0.541. The van der Waals surface area contributed by atoms with Gasteiger partial charge in [-0.25, -0.2) is 4.79 Å². The molecule has 1 spiro atoms. The average molecular weight is 282 g/mol. The molecule has 2 aliphatic heterocycles. The van der Waals surface area contributed by atoms with Gasteiger partial charge >= 0.3 is 6.03 Å². The quantitative estimate of drug-likeness (QED) is 0.762. The van der Waals surface area contributed by atoms with E-state index in [2.05, 4.69) is 22.8 Å². The highest BCUT2D eigenvalue weighted by molar-refractivity contribution is 7.99. The molecule has 2 N–H and O–H groups in total. The third-order valence-electron chi connectivity index (χ3n) is 4.24. The number of hydrogen-bond acceptors (Lipinski definition) is 3. The second-order valence-electron chi connectivity index (χ2n) is 5.78. The zero-order valence-electron chi connectivity index (χ0n) is 11.2. The topological polar surface area (TPSA) is 50.4 Å². The summed E-state index contributed by atoms with van der Waals surface area (Å²) in [5.41, 5.74) is 0.0375. The van der Waals surface area contributed by atoms with Crippen molar-refractivity contribution in [3.63, 3.8) is 0 Å². The number of thioether (sulfide) groups is 1. The van der Waals surface area contributed by atoms with E-state index >= 15 is 0 Å². The van der Waals surface area contributed by atoms with E-state index in [0.29, 0.717) is 0 Å². The van der Waals surface area contributed by atoms with Crippen molar-refractivity contribution in [1.29, 1.82) is 0 Å². The number of ether oxygens (including phenoxy) is 1. The van der Waals surface area contributed by atoms with Crippen LogP contribution in [0, 0.1) is 0 Å². The van der Waals surface area contributed by atoms with Crippen LogP contribution in [0.5, 0.6) is 0 Å². The van der Waals surface area contributed by atoms with Crippen LogP contribution in [0.3, 0.4) is 0 Å². The molecule has 2 amide bonds. The van der Waals surface area contributed by atoms with Crippen molar-refractivity contribution in [1.82, 2.24) is 10.6 Å². The lowest BCUT2D eigenvalue weighted by atomic mass is 9.90. The molecule has 2 heterocycles. The largest absolute Gasteiger partial charge is 0.374 e.